The Morgan fingerprint density at radius 2 is 0.216 bits per heavy atom. The number of hydrogen-bond donors (Lipinski definition) is 0. The predicted octanol–water partition coefficient (Wildman–Crippen LogP) is -0.0888. The van der Waals surface area contributed by atoms with Crippen LogP contribution in [-0.4, -0.2) is 0 Å². The standard InChI is InChI=1S/S37/c1-3-5-7-9-11-13-15-17-19-21-23-25-27-29-31-33-35-37-36-34-32-30-28-26-24-22-20-18-16-14-12-10-8-6-4-2. The molecular formula is S37. The summed E-state index contributed by atoms with van der Waals surface area (Å²) in [6.45, 7) is 0. The second-order valence-corrected chi connectivity index (χ2v) is 64.3. The summed E-state index contributed by atoms with van der Waals surface area (Å²) in [4.78, 5) is 0. The van der Waals surface area contributed by atoms with Crippen LogP contribution in [0.25, 0.3) is 0 Å². The van der Waals surface area contributed by atoms with Gasteiger partial charge in [-0.05, 0) is 0 Å². The molecule has 0 unspecified atom stereocenters. The molecule has 0 aliphatic carbocycles. The van der Waals surface area contributed by atoms with Crippen LogP contribution in [0.2, 0.25) is 0 Å². The van der Waals surface area contributed by atoms with Gasteiger partial charge in [-0.3, -0.25) is 0 Å². The van der Waals surface area contributed by atoms with Crippen molar-refractivity contribution in [1.29, 1.82) is 0 Å². The van der Waals surface area contributed by atoms with E-state index in [1.807, 2.05) is 186 Å². The van der Waals surface area contributed by atoms with Gasteiger partial charge in [-0.25, -0.2) is 0 Å². The molecule has 0 spiro atoms. The molecule has 0 aliphatic rings. The quantitative estimate of drug-likeness (QED) is 0.334. The monoisotopic (exact) mass is 1180 g/mol. The second kappa shape index (κ2) is 44.1. The van der Waals surface area contributed by atoms with Crippen LogP contribution in [0, 0.1) is 0 Å². The molecule has 0 rings (SSSR count). The molecular weight excluding hydrogens is 1190 g/mol. The highest BCUT2D eigenvalue weighted by atomic mass is 33.5. The van der Waals surface area contributed by atoms with Crippen LogP contribution in [0.3, 0.4) is 0 Å². The summed E-state index contributed by atoms with van der Waals surface area (Å²) in [6.07, 6.45) is 0. The van der Waals surface area contributed by atoms with Crippen molar-refractivity contribution in [2.24, 2.45) is 0 Å². The fraction of sp³-hybridized carbons (Fsp3) is 0. The predicted molar refractivity (Wildman–Crippen MR) is 273 cm³/mol. The maximum atomic E-state index is 4.80. The highest BCUT2D eigenvalue weighted by Crippen LogP contribution is 1.44. The van der Waals surface area contributed by atoms with Crippen molar-refractivity contribution in [3.8, 4) is 0 Å². The Labute approximate surface area is 323 Å². The van der Waals surface area contributed by atoms with Crippen molar-refractivity contribution in [1.82, 2.24) is 0 Å². The van der Waals surface area contributed by atoms with E-state index < -0.39 is 0 Å². The average Bonchev–Trinajstić information content (AvgIpc) is 2.91. The Hall–Kier alpha value is 8.14. The Balaban J connectivity index is 6.01. The first kappa shape index (κ1) is 45.1. The third-order valence-corrected chi connectivity index (χ3v) is 76.5. The molecule has 0 bridgehead atoms. The van der Waals surface area contributed by atoms with Crippen LogP contribution < -0.4 is 0 Å². The van der Waals surface area contributed by atoms with Gasteiger partial charge < -0.3 is 0 Å². The first-order valence-electron chi connectivity index (χ1n) is 6.00. The summed E-state index contributed by atoms with van der Waals surface area (Å²) in [5, 5.41) is 0. The van der Waals surface area contributed by atoms with E-state index in [4.69, 9.17) is 22.4 Å². The summed E-state index contributed by atoms with van der Waals surface area (Å²) in [6, 6.07) is 0. The van der Waals surface area contributed by atoms with E-state index in [9.17, 15) is 0 Å². The van der Waals surface area contributed by atoms with E-state index >= 15 is 0 Å². The van der Waals surface area contributed by atoms with Gasteiger partial charge in [-0.15, -0.1) is 0 Å². The van der Waals surface area contributed by atoms with Crippen LogP contribution in [-0.2, 0) is 333 Å². The van der Waals surface area contributed by atoms with E-state index in [-0.39, 0.29) is 0 Å². The van der Waals surface area contributed by atoms with Gasteiger partial charge >= 0.3 is 0 Å². The SMILES string of the molecule is S=S=S=S=S=S=S=S=S=S=S=S=S=S=S=S=S=S=S=S=S=S=S=S=S=S=S=S=S=S=S=S=S=S=S=S=S. The van der Waals surface area contributed by atoms with Gasteiger partial charge in [0.1, 0.15) is 0 Å². The van der Waals surface area contributed by atoms with E-state index in [0.717, 1.165) is 0 Å². The number of hydrogen-bond acceptors (Lipinski definition) is 2. The normalized spacial score (nSPS) is 7.68. The molecule has 0 radical (unpaired) electrons. The van der Waals surface area contributed by atoms with Crippen molar-refractivity contribution in [2.75, 3.05) is 0 Å². The van der Waals surface area contributed by atoms with Gasteiger partial charge in [-0.1, -0.05) is 0 Å². The van der Waals surface area contributed by atoms with E-state index in [1.165, 1.54) is 17.8 Å². The zero-order valence-electron chi connectivity index (χ0n) is 15.1. The van der Waals surface area contributed by atoms with Crippen molar-refractivity contribution < 1.29 is 0 Å². The fourth-order valence-electron chi connectivity index (χ4n) is 0.374. The molecule has 0 aromatic carbocycles. The summed E-state index contributed by atoms with van der Waals surface area (Å²) in [5.74, 6) is 0. The zero-order chi connectivity index (χ0) is 26.7. The van der Waals surface area contributed by atoms with E-state index in [1.54, 1.807) is 107 Å². The van der Waals surface area contributed by atoms with Crippen LogP contribution in [0.1, 0.15) is 0 Å². The van der Waals surface area contributed by atoms with E-state index in [2.05, 4.69) is 0 Å². The molecule has 37 heteroatoms. The summed E-state index contributed by atoms with van der Waals surface area (Å²) < 4.78 is 0. The molecule has 37 heavy (non-hydrogen) atoms. The average molecular weight is 1190 g/mol. The molecule has 0 aromatic heterocycles. The lowest BCUT2D eigenvalue weighted by Crippen LogP contribution is -1.41. The van der Waals surface area contributed by atoms with Crippen molar-refractivity contribution in [2.45, 2.75) is 0 Å². The lowest BCUT2D eigenvalue weighted by atomic mass is 30.7. The first-order valence-corrected chi connectivity index (χ1v) is 54.0. The van der Waals surface area contributed by atoms with Crippen LogP contribution >= 0.6 is 0 Å². The third-order valence-electron chi connectivity index (χ3n) is 0.944. The van der Waals surface area contributed by atoms with Gasteiger partial charge in [0.15, 0.2) is 0 Å². The van der Waals surface area contributed by atoms with Crippen molar-refractivity contribution >= 4 is 333 Å². The molecule has 222 valence electrons. The minimum Gasteiger partial charge on any atom is 0 e. The highest BCUT2D eigenvalue weighted by Gasteiger charge is 1.44. The maximum absolute atomic E-state index is 4.80. The maximum Gasteiger partial charge on any atom is 0 e. The summed E-state index contributed by atoms with van der Waals surface area (Å²) >= 11 is 9.60. The van der Waals surface area contributed by atoms with E-state index in [0.29, 0.717) is 0 Å². The highest BCUT2D eigenvalue weighted by molar-refractivity contribution is 8.80. The smallest absolute Gasteiger partial charge is 0 e. The summed E-state index contributed by atoms with van der Waals surface area (Å²) in [5.41, 5.74) is 0. The molecule has 0 fully saturated rings. The van der Waals surface area contributed by atoms with Crippen LogP contribution in [0.5, 0.6) is 0 Å². The van der Waals surface area contributed by atoms with Crippen LogP contribution in [0.15, 0.2) is 0 Å². The van der Waals surface area contributed by atoms with Gasteiger partial charge in [0.2, 0.25) is 0 Å². The summed E-state index contributed by atoms with van der Waals surface area (Å²) in [7, 11) is 61.9. The van der Waals surface area contributed by atoms with Gasteiger partial charge in [0, 0.05) is 333 Å². The molecule has 0 heterocycles. The lowest BCUT2D eigenvalue weighted by Gasteiger charge is -1.41. The second-order valence-electron chi connectivity index (χ2n) is 2.38. The Kier molecular flexibility index (Phi) is 53.9. The molecule has 0 N–H and O–H groups in total. The molecule has 0 saturated heterocycles. The molecule has 0 aromatic rings. The molecule has 0 nitrogen and oxygen atoms in total. The third kappa shape index (κ3) is 44.1. The molecule has 0 saturated carbocycles. The zero-order valence-corrected chi connectivity index (χ0v) is 45.3. The molecule has 0 amide bonds. The van der Waals surface area contributed by atoms with Gasteiger partial charge in [0.05, 0.1) is 0 Å². The lowest BCUT2D eigenvalue weighted by molar-refractivity contribution is 5.96. The Morgan fingerprint density at radius 3 is 0.297 bits per heavy atom. The first-order chi connectivity index (χ1) is 18.4. The fourth-order valence-corrected chi connectivity index (χ4v) is 90.9. The minimum atomic E-state index is 1.37. The Morgan fingerprint density at radius 1 is 0.135 bits per heavy atom. The van der Waals surface area contributed by atoms with Crippen molar-refractivity contribution in [3.05, 3.63) is 0 Å². The molecule has 0 aliphatic heterocycles. The minimum absolute atomic E-state index is 1.37. The van der Waals surface area contributed by atoms with Crippen molar-refractivity contribution in [3.63, 3.8) is 0 Å². The Bertz CT molecular complexity index is 2170. The van der Waals surface area contributed by atoms with Gasteiger partial charge in [0.25, 0.3) is 0 Å². The van der Waals surface area contributed by atoms with Crippen LogP contribution in [0.4, 0.5) is 0 Å². The number of rotatable bonds is 0. The van der Waals surface area contributed by atoms with Gasteiger partial charge in [-0.2, -0.15) is 0 Å². The molecule has 0 atom stereocenters. The largest absolute Gasteiger partial charge is 0 e. The topological polar surface area (TPSA) is 0 Å².